The maximum Gasteiger partial charge on any atom is 0.0994 e. The lowest BCUT2D eigenvalue weighted by Crippen LogP contribution is -2.09. The molecule has 0 saturated heterocycles. The predicted molar refractivity (Wildman–Crippen MR) is 63.9 cm³/mol. The smallest absolute Gasteiger partial charge is 0.0994 e. The first-order valence-corrected chi connectivity index (χ1v) is 6.46. The summed E-state index contributed by atoms with van der Waals surface area (Å²) in [5.74, 6) is 0.869. The largest absolute Gasteiger partial charge is 0.325 e. The Balaban J connectivity index is 2.00. The van der Waals surface area contributed by atoms with Gasteiger partial charge >= 0.3 is 0 Å². The van der Waals surface area contributed by atoms with Crippen LogP contribution in [0.3, 0.4) is 0 Å². The number of rotatable bonds is 7. The highest BCUT2D eigenvalue weighted by Crippen LogP contribution is 2.33. The van der Waals surface area contributed by atoms with Gasteiger partial charge < -0.3 is 5.73 Å². The zero-order chi connectivity index (χ0) is 11.4. The van der Waals surface area contributed by atoms with Gasteiger partial charge in [0.15, 0.2) is 0 Å². The van der Waals surface area contributed by atoms with Crippen molar-refractivity contribution < 1.29 is 0 Å². The second-order valence-electron chi connectivity index (χ2n) is 4.76. The molecule has 2 N–H and O–H groups in total. The molecule has 0 spiro atoms. The third-order valence-corrected chi connectivity index (χ3v) is 3.26. The van der Waals surface area contributed by atoms with Crippen molar-refractivity contribution in [3.8, 4) is 0 Å². The van der Waals surface area contributed by atoms with E-state index >= 15 is 0 Å². The van der Waals surface area contributed by atoms with Crippen LogP contribution in [0.4, 0.5) is 0 Å². The molecule has 1 aliphatic rings. The van der Waals surface area contributed by atoms with Crippen LogP contribution in [0, 0.1) is 5.92 Å². The van der Waals surface area contributed by atoms with Crippen LogP contribution in [0.25, 0.3) is 0 Å². The highest BCUT2D eigenvalue weighted by Gasteiger charge is 2.25. The number of nitrogens with two attached hydrogens (primary N) is 1. The van der Waals surface area contributed by atoms with Crippen molar-refractivity contribution >= 4 is 0 Å². The van der Waals surface area contributed by atoms with Gasteiger partial charge in [-0.3, -0.25) is 0 Å². The van der Waals surface area contributed by atoms with E-state index in [9.17, 15) is 0 Å². The molecular weight excluding hydrogens is 200 g/mol. The average molecular weight is 222 g/mol. The Hall–Kier alpha value is -0.900. The molecule has 0 aliphatic heterocycles. The number of hydrogen-bond acceptors (Lipinski definition) is 3. The normalized spacial score (nSPS) is 15.6. The molecule has 4 nitrogen and oxygen atoms in total. The minimum Gasteiger partial charge on any atom is -0.325 e. The summed E-state index contributed by atoms with van der Waals surface area (Å²) in [7, 11) is 0. The van der Waals surface area contributed by atoms with Gasteiger partial charge in [0, 0.05) is 13.1 Å². The first-order chi connectivity index (χ1) is 7.85. The molecule has 2 rings (SSSR count). The topological polar surface area (TPSA) is 56.7 Å². The van der Waals surface area contributed by atoms with Crippen LogP contribution in [0.15, 0.2) is 0 Å². The molecule has 16 heavy (non-hydrogen) atoms. The molecule has 1 aromatic rings. The first-order valence-electron chi connectivity index (χ1n) is 6.46. The van der Waals surface area contributed by atoms with Crippen molar-refractivity contribution in [2.24, 2.45) is 11.7 Å². The minimum absolute atomic E-state index is 0.524. The van der Waals surface area contributed by atoms with Crippen LogP contribution in [0.2, 0.25) is 0 Å². The summed E-state index contributed by atoms with van der Waals surface area (Å²) in [5, 5.41) is 8.41. The van der Waals surface area contributed by atoms with Crippen LogP contribution in [-0.4, -0.2) is 15.0 Å². The zero-order valence-corrected chi connectivity index (χ0v) is 10.2. The van der Waals surface area contributed by atoms with Gasteiger partial charge in [0.1, 0.15) is 0 Å². The Morgan fingerprint density at radius 3 is 2.81 bits per heavy atom. The minimum atomic E-state index is 0.524. The van der Waals surface area contributed by atoms with Crippen molar-refractivity contribution in [1.82, 2.24) is 15.0 Å². The number of unbranched alkanes of at least 4 members (excludes halogenated alkanes) is 2. The van der Waals surface area contributed by atoms with Crippen LogP contribution in [0.5, 0.6) is 0 Å². The third kappa shape index (κ3) is 2.82. The molecule has 0 atom stereocenters. The van der Waals surface area contributed by atoms with Gasteiger partial charge in [0.2, 0.25) is 0 Å². The monoisotopic (exact) mass is 222 g/mol. The molecule has 1 saturated carbocycles. The predicted octanol–water partition coefficient (Wildman–Crippen LogP) is 1.88. The third-order valence-electron chi connectivity index (χ3n) is 3.26. The molecule has 1 aliphatic carbocycles. The molecule has 1 fully saturated rings. The summed E-state index contributed by atoms with van der Waals surface area (Å²) in [5.41, 5.74) is 7.99. The molecule has 0 aromatic carbocycles. The summed E-state index contributed by atoms with van der Waals surface area (Å²) in [6, 6.07) is 0. The molecule has 1 heterocycles. The van der Waals surface area contributed by atoms with E-state index in [2.05, 4.69) is 21.9 Å². The van der Waals surface area contributed by atoms with E-state index in [-0.39, 0.29) is 0 Å². The van der Waals surface area contributed by atoms with Gasteiger partial charge in [-0.25, -0.2) is 4.68 Å². The molecule has 0 radical (unpaired) electrons. The van der Waals surface area contributed by atoms with Crippen LogP contribution in [-0.2, 0) is 19.5 Å². The van der Waals surface area contributed by atoms with Gasteiger partial charge in [-0.05, 0) is 31.6 Å². The summed E-state index contributed by atoms with van der Waals surface area (Å²) < 4.78 is 2.08. The average Bonchev–Trinajstić information content (AvgIpc) is 3.02. The quantitative estimate of drug-likeness (QED) is 0.717. The fourth-order valence-electron chi connectivity index (χ4n) is 2.04. The van der Waals surface area contributed by atoms with Crippen LogP contribution in [0.1, 0.15) is 50.4 Å². The Bertz CT molecular complexity index is 328. The molecule has 0 unspecified atom stereocenters. The lowest BCUT2D eigenvalue weighted by Gasteiger charge is -2.06. The van der Waals surface area contributed by atoms with E-state index in [4.69, 9.17) is 5.73 Å². The van der Waals surface area contributed by atoms with Gasteiger partial charge in [-0.15, -0.1) is 5.10 Å². The van der Waals surface area contributed by atoms with E-state index in [1.165, 1.54) is 37.8 Å². The van der Waals surface area contributed by atoms with Gasteiger partial charge in [-0.2, -0.15) is 0 Å². The number of hydrogen-bond donors (Lipinski definition) is 1. The Morgan fingerprint density at radius 2 is 2.19 bits per heavy atom. The number of aryl methyl sites for hydroxylation is 1. The number of aromatic nitrogens is 3. The zero-order valence-electron chi connectivity index (χ0n) is 10.2. The fourth-order valence-corrected chi connectivity index (χ4v) is 2.04. The van der Waals surface area contributed by atoms with Crippen LogP contribution >= 0.6 is 0 Å². The van der Waals surface area contributed by atoms with Gasteiger partial charge in [0.25, 0.3) is 0 Å². The molecule has 4 heteroatoms. The Morgan fingerprint density at radius 1 is 1.38 bits per heavy atom. The second kappa shape index (κ2) is 5.43. The second-order valence-corrected chi connectivity index (χ2v) is 4.76. The van der Waals surface area contributed by atoms with Crippen molar-refractivity contribution in [2.75, 3.05) is 0 Å². The summed E-state index contributed by atoms with van der Waals surface area (Å²) in [6.07, 6.45) is 7.57. The van der Waals surface area contributed by atoms with E-state index < -0.39 is 0 Å². The van der Waals surface area contributed by atoms with E-state index in [1.807, 2.05) is 0 Å². The maximum atomic E-state index is 5.70. The fraction of sp³-hybridized carbons (Fsp3) is 0.833. The van der Waals surface area contributed by atoms with Crippen molar-refractivity contribution in [3.63, 3.8) is 0 Å². The maximum absolute atomic E-state index is 5.70. The summed E-state index contributed by atoms with van der Waals surface area (Å²) in [4.78, 5) is 0. The van der Waals surface area contributed by atoms with Gasteiger partial charge in [0.05, 0.1) is 11.4 Å². The number of nitrogens with zero attached hydrogens (tertiary/aromatic N) is 3. The summed E-state index contributed by atoms with van der Waals surface area (Å²) >= 11 is 0. The highest BCUT2D eigenvalue weighted by molar-refractivity contribution is 5.12. The van der Waals surface area contributed by atoms with Crippen molar-refractivity contribution in [3.05, 3.63) is 11.4 Å². The van der Waals surface area contributed by atoms with Gasteiger partial charge in [-0.1, -0.05) is 25.0 Å². The lowest BCUT2D eigenvalue weighted by atomic mass is 10.1. The Kier molecular flexibility index (Phi) is 3.93. The molecule has 90 valence electrons. The Labute approximate surface area is 97.2 Å². The standard InChI is InChI=1S/C12H22N4/c1-2-3-4-7-16-12(8-10-5-6-10)11(9-13)14-15-16/h10H,2-9,13H2,1H3. The molecule has 1 aromatic heterocycles. The first kappa shape index (κ1) is 11.6. The summed E-state index contributed by atoms with van der Waals surface area (Å²) in [6.45, 7) is 3.75. The van der Waals surface area contributed by atoms with Crippen molar-refractivity contribution in [1.29, 1.82) is 0 Å². The highest BCUT2D eigenvalue weighted by atomic mass is 15.4. The molecule has 0 amide bonds. The lowest BCUT2D eigenvalue weighted by molar-refractivity contribution is 0.514. The van der Waals surface area contributed by atoms with Crippen LogP contribution < -0.4 is 5.73 Å². The molecular formula is C12H22N4. The SMILES string of the molecule is CCCCCn1nnc(CN)c1CC1CC1. The van der Waals surface area contributed by atoms with Crippen molar-refractivity contribution in [2.45, 2.75) is 58.5 Å². The van der Waals surface area contributed by atoms with E-state index in [0.29, 0.717) is 6.54 Å². The van der Waals surface area contributed by atoms with E-state index in [1.54, 1.807) is 0 Å². The molecule has 0 bridgehead atoms. The van der Waals surface area contributed by atoms with E-state index in [0.717, 1.165) is 24.6 Å².